The van der Waals surface area contributed by atoms with Crippen LogP contribution in [0.25, 0.3) is 28.2 Å². The normalized spacial score (nSPS) is 12.2. The van der Waals surface area contributed by atoms with Crippen LogP contribution in [-0.2, 0) is 12.4 Å². The van der Waals surface area contributed by atoms with Crippen LogP contribution in [0.3, 0.4) is 0 Å². The average Bonchev–Trinajstić information content (AvgIpc) is 3.22. The minimum absolute atomic E-state index is 0.0774. The molecule has 1 heterocycles. The maximum atomic E-state index is 13.5. The van der Waals surface area contributed by atoms with E-state index in [2.05, 4.69) is 4.98 Å². The number of nitrogens with zero attached hydrogens (tertiary/aromatic N) is 2. The molecular formula is C23H13ClF6N2. The second-order valence-electron chi connectivity index (χ2n) is 6.91. The van der Waals surface area contributed by atoms with Gasteiger partial charge < -0.3 is 0 Å². The summed E-state index contributed by atoms with van der Waals surface area (Å²) < 4.78 is 80.7. The zero-order chi connectivity index (χ0) is 23.1. The Labute approximate surface area is 183 Å². The van der Waals surface area contributed by atoms with Crippen molar-refractivity contribution in [3.05, 3.63) is 95.3 Å². The van der Waals surface area contributed by atoms with Crippen molar-refractivity contribution in [3.63, 3.8) is 0 Å². The number of benzene rings is 3. The quantitative estimate of drug-likeness (QED) is 0.281. The van der Waals surface area contributed by atoms with Gasteiger partial charge in [0.05, 0.1) is 11.1 Å². The fourth-order valence-electron chi connectivity index (χ4n) is 3.39. The third-order valence-corrected chi connectivity index (χ3v) is 5.16. The summed E-state index contributed by atoms with van der Waals surface area (Å²) in [6.07, 6.45) is -6.21. The predicted octanol–water partition coefficient (Wildman–Crippen LogP) is 7.90. The van der Waals surface area contributed by atoms with E-state index in [-0.39, 0.29) is 16.4 Å². The van der Waals surface area contributed by atoms with Crippen LogP contribution in [-0.4, -0.2) is 9.55 Å². The molecule has 3 aromatic carbocycles. The molecule has 0 amide bonds. The zero-order valence-corrected chi connectivity index (χ0v) is 16.8. The molecule has 0 N–H and O–H groups in total. The van der Waals surface area contributed by atoms with Crippen molar-refractivity contribution in [2.45, 2.75) is 12.4 Å². The molecule has 0 aliphatic rings. The first-order chi connectivity index (χ1) is 15.1. The van der Waals surface area contributed by atoms with Crippen LogP contribution >= 0.6 is 11.6 Å². The van der Waals surface area contributed by atoms with E-state index in [0.29, 0.717) is 16.8 Å². The molecule has 9 heteroatoms. The van der Waals surface area contributed by atoms with Gasteiger partial charge in [-0.25, -0.2) is 4.98 Å². The minimum atomic E-state index is -4.57. The van der Waals surface area contributed by atoms with Crippen LogP contribution in [0.4, 0.5) is 26.3 Å². The van der Waals surface area contributed by atoms with Crippen LogP contribution in [0.2, 0.25) is 5.02 Å². The first-order valence-corrected chi connectivity index (χ1v) is 9.61. The van der Waals surface area contributed by atoms with E-state index < -0.39 is 23.5 Å². The summed E-state index contributed by atoms with van der Waals surface area (Å²) >= 11 is 6.10. The van der Waals surface area contributed by atoms with Crippen LogP contribution in [0, 0.1) is 0 Å². The van der Waals surface area contributed by atoms with Crippen molar-refractivity contribution >= 4 is 11.6 Å². The van der Waals surface area contributed by atoms with Crippen molar-refractivity contribution in [2.24, 2.45) is 0 Å². The molecule has 0 bridgehead atoms. The third-order valence-electron chi connectivity index (χ3n) is 4.85. The van der Waals surface area contributed by atoms with E-state index in [9.17, 15) is 26.3 Å². The SMILES string of the molecule is FC(F)(F)c1ccc(-c2cccc(-n3ccnc3-c3ccccc3C(F)(F)F)c2)c(Cl)c1. The van der Waals surface area contributed by atoms with Crippen molar-refractivity contribution in [2.75, 3.05) is 0 Å². The number of rotatable bonds is 3. The Morgan fingerprint density at radius 1 is 0.750 bits per heavy atom. The molecule has 0 saturated heterocycles. The second-order valence-corrected chi connectivity index (χ2v) is 7.31. The molecule has 0 fully saturated rings. The maximum absolute atomic E-state index is 13.5. The highest BCUT2D eigenvalue weighted by Gasteiger charge is 2.34. The number of hydrogen-bond donors (Lipinski definition) is 0. The summed E-state index contributed by atoms with van der Waals surface area (Å²) in [5.41, 5.74) is -0.452. The number of hydrogen-bond acceptors (Lipinski definition) is 1. The summed E-state index contributed by atoms with van der Waals surface area (Å²) in [5, 5.41) is -0.0924. The van der Waals surface area contributed by atoms with Crippen molar-refractivity contribution in [1.29, 1.82) is 0 Å². The summed E-state index contributed by atoms with van der Waals surface area (Å²) in [6, 6.07) is 14.7. The summed E-state index contributed by atoms with van der Waals surface area (Å²) in [7, 11) is 0. The van der Waals surface area contributed by atoms with Gasteiger partial charge in [0.15, 0.2) is 0 Å². The van der Waals surface area contributed by atoms with Gasteiger partial charge >= 0.3 is 12.4 Å². The Balaban J connectivity index is 1.79. The molecule has 164 valence electrons. The lowest BCUT2D eigenvalue weighted by Gasteiger charge is -2.15. The molecule has 2 nitrogen and oxygen atoms in total. The van der Waals surface area contributed by atoms with Crippen LogP contribution in [0.15, 0.2) is 79.1 Å². The smallest absolute Gasteiger partial charge is 0.300 e. The molecule has 0 atom stereocenters. The lowest BCUT2D eigenvalue weighted by Crippen LogP contribution is -2.09. The van der Waals surface area contributed by atoms with Crippen molar-refractivity contribution < 1.29 is 26.3 Å². The molecule has 4 rings (SSSR count). The van der Waals surface area contributed by atoms with Gasteiger partial charge in [-0.05, 0) is 35.9 Å². The molecule has 32 heavy (non-hydrogen) atoms. The Bertz CT molecular complexity index is 1270. The Morgan fingerprint density at radius 2 is 1.50 bits per heavy atom. The van der Waals surface area contributed by atoms with Gasteiger partial charge in [0.25, 0.3) is 0 Å². The molecule has 0 aliphatic heterocycles. The van der Waals surface area contributed by atoms with Gasteiger partial charge in [0.1, 0.15) is 5.82 Å². The van der Waals surface area contributed by atoms with Gasteiger partial charge in [0, 0.05) is 34.2 Å². The molecule has 0 unspecified atom stereocenters. The van der Waals surface area contributed by atoms with Crippen LogP contribution in [0.5, 0.6) is 0 Å². The molecule has 0 saturated carbocycles. The first kappa shape index (κ1) is 22.0. The first-order valence-electron chi connectivity index (χ1n) is 9.23. The van der Waals surface area contributed by atoms with Crippen LogP contribution < -0.4 is 0 Å². The Kier molecular flexibility index (Phi) is 5.50. The van der Waals surface area contributed by atoms with E-state index in [1.807, 2.05) is 0 Å². The fraction of sp³-hybridized carbons (Fsp3) is 0.0870. The molecular weight excluding hydrogens is 454 g/mol. The van der Waals surface area contributed by atoms with Crippen molar-refractivity contribution in [1.82, 2.24) is 9.55 Å². The third kappa shape index (κ3) is 4.23. The summed E-state index contributed by atoms with van der Waals surface area (Å²) in [5.74, 6) is 0.0774. The molecule has 0 radical (unpaired) electrons. The molecule has 1 aromatic heterocycles. The number of alkyl halides is 6. The number of imidazole rings is 1. The molecule has 4 aromatic rings. The molecule has 0 spiro atoms. The number of aromatic nitrogens is 2. The van der Waals surface area contributed by atoms with Crippen molar-refractivity contribution in [3.8, 4) is 28.2 Å². The van der Waals surface area contributed by atoms with E-state index in [1.165, 1.54) is 41.2 Å². The highest BCUT2D eigenvalue weighted by molar-refractivity contribution is 6.33. The topological polar surface area (TPSA) is 17.8 Å². The minimum Gasteiger partial charge on any atom is -0.300 e. The Morgan fingerprint density at radius 3 is 2.19 bits per heavy atom. The highest BCUT2D eigenvalue weighted by Crippen LogP contribution is 2.38. The van der Waals surface area contributed by atoms with E-state index in [0.717, 1.165) is 18.2 Å². The molecule has 0 aliphatic carbocycles. The lowest BCUT2D eigenvalue weighted by atomic mass is 10.0. The van der Waals surface area contributed by atoms with Gasteiger partial charge in [0.2, 0.25) is 0 Å². The van der Waals surface area contributed by atoms with Crippen LogP contribution in [0.1, 0.15) is 11.1 Å². The highest BCUT2D eigenvalue weighted by atomic mass is 35.5. The fourth-order valence-corrected chi connectivity index (χ4v) is 3.67. The zero-order valence-electron chi connectivity index (χ0n) is 16.0. The van der Waals surface area contributed by atoms with E-state index in [4.69, 9.17) is 11.6 Å². The van der Waals surface area contributed by atoms with E-state index >= 15 is 0 Å². The Hall–Kier alpha value is -3.26. The monoisotopic (exact) mass is 466 g/mol. The second kappa shape index (κ2) is 8.02. The average molecular weight is 467 g/mol. The van der Waals surface area contributed by atoms with Gasteiger partial charge in [-0.15, -0.1) is 0 Å². The summed E-state index contributed by atoms with van der Waals surface area (Å²) in [6.45, 7) is 0. The van der Waals surface area contributed by atoms with Gasteiger partial charge in [-0.2, -0.15) is 26.3 Å². The van der Waals surface area contributed by atoms with Gasteiger partial charge in [-0.1, -0.05) is 48.0 Å². The maximum Gasteiger partial charge on any atom is 0.417 e. The largest absolute Gasteiger partial charge is 0.417 e. The predicted molar refractivity (Wildman–Crippen MR) is 109 cm³/mol. The number of halogens is 7. The van der Waals surface area contributed by atoms with E-state index in [1.54, 1.807) is 24.3 Å². The lowest BCUT2D eigenvalue weighted by molar-refractivity contribution is -0.138. The van der Waals surface area contributed by atoms with Gasteiger partial charge in [-0.3, -0.25) is 4.57 Å². The summed E-state index contributed by atoms with van der Waals surface area (Å²) in [4.78, 5) is 4.11. The standard InChI is InChI=1S/C23H13ClF6N2/c24-20-13-15(22(25,26)27)8-9-17(20)14-4-3-5-16(12-14)32-11-10-31-21(32)18-6-1-2-7-19(18)23(28,29)30/h1-13H.